The largest absolute Gasteiger partial charge is 0.453 e. The van der Waals surface area contributed by atoms with Crippen LogP contribution in [0.4, 0.5) is 20.8 Å². The Morgan fingerprint density at radius 2 is 1.90 bits per heavy atom. The summed E-state index contributed by atoms with van der Waals surface area (Å²) in [5, 5.41) is 5.89. The Morgan fingerprint density at radius 1 is 1.12 bits per heavy atom. The molecule has 0 spiro atoms. The number of carbonyl (C=O) groups excluding carboxylic acids is 1. The number of amides is 1. The average molecular weight is 597 g/mol. The molecule has 0 aliphatic heterocycles. The zero-order valence-corrected chi connectivity index (χ0v) is 24.1. The smallest absolute Gasteiger partial charge is 0.407 e. The number of rotatable bonds is 10. The van der Waals surface area contributed by atoms with Crippen molar-refractivity contribution in [3.05, 3.63) is 66.6 Å². The average Bonchev–Trinajstić information content (AvgIpc) is 3.38. The SMILES string of the molecule is COC(=O)N[C@@H](C)CNc1nccc(-c2sc(-c3ccccc3)nc2-c2cccc(NS(=O)(=O)C3CCC3)c2F)n1. The maximum absolute atomic E-state index is 16.0. The Morgan fingerprint density at radius 3 is 2.61 bits per heavy atom. The van der Waals surface area contributed by atoms with E-state index < -0.39 is 27.2 Å². The number of methoxy groups -OCH3 is 1. The van der Waals surface area contributed by atoms with E-state index in [0.717, 1.165) is 12.0 Å². The normalized spacial score (nSPS) is 14.1. The summed E-state index contributed by atoms with van der Waals surface area (Å²) in [4.78, 5) is 25.8. The van der Waals surface area contributed by atoms with Gasteiger partial charge in [-0.2, -0.15) is 0 Å². The molecule has 1 atom stereocenters. The van der Waals surface area contributed by atoms with Crippen molar-refractivity contribution in [2.45, 2.75) is 37.5 Å². The van der Waals surface area contributed by atoms with Crippen LogP contribution in [-0.4, -0.2) is 54.4 Å². The maximum atomic E-state index is 16.0. The van der Waals surface area contributed by atoms with Crippen LogP contribution in [0, 0.1) is 5.82 Å². The standard InChI is InChI=1S/C28H29FN6O4S2/c1-17(32-28(36)39-2)16-31-27-30-15-14-22(33-27)25-24(34-26(40-25)18-8-4-3-5-9-18)20-12-7-13-21(23(20)29)35-41(37,38)19-10-6-11-19/h3-5,7-9,12-15,17,19,35H,6,10-11,16H2,1-2H3,(H,32,36)(H,30,31,33)/t17-/m0/s1. The fourth-order valence-electron chi connectivity index (χ4n) is 4.22. The number of nitrogens with one attached hydrogen (secondary N) is 3. The summed E-state index contributed by atoms with van der Waals surface area (Å²) in [5.74, 6) is -0.402. The molecule has 1 amide bonds. The summed E-state index contributed by atoms with van der Waals surface area (Å²) < 4.78 is 48.5. The Bertz CT molecular complexity index is 1640. The van der Waals surface area contributed by atoms with Gasteiger partial charge in [-0.1, -0.05) is 42.8 Å². The zero-order valence-electron chi connectivity index (χ0n) is 22.4. The van der Waals surface area contributed by atoms with E-state index in [9.17, 15) is 13.2 Å². The van der Waals surface area contributed by atoms with Gasteiger partial charge in [0.05, 0.1) is 34.3 Å². The van der Waals surface area contributed by atoms with E-state index in [1.165, 1.54) is 24.5 Å². The number of ether oxygens (including phenoxy) is 1. The molecule has 0 unspecified atom stereocenters. The molecule has 1 fully saturated rings. The molecule has 214 valence electrons. The summed E-state index contributed by atoms with van der Waals surface area (Å²) in [6, 6.07) is 15.5. The first kappa shape index (κ1) is 28.4. The van der Waals surface area contributed by atoms with Crippen LogP contribution >= 0.6 is 11.3 Å². The highest BCUT2D eigenvalue weighted by molar-refractivity contribution is 7.93. The highest BCUT2D eigenvalue weighted by atomic mass is 32.2. The topological polar surface area (TPSA) is 135 Å². The first-order chi connectivity index (χ1) is 19.7. The van der Waals surface area contributed by atoms with Crippen LogP contribution in [0.5, 0.6) is 0 Å². The third kappa shape index (κ3) is 6.46. The lowest BCUT2D eigenvalue weighted by molar-refractivity contribution is 0.168. The number of hydrogen-bond acceptors (Lipinski definition) is 9. The third-order valence-corrected chi connectivity index (χ3v) is 9.63. The fourth-order valence-corrected chi connectivity index (χ4v) is 6.86. The van der Waals surface area contributed by atoms with E-state index in [4.69, 9.17) is 4.98 Å². The van der Waals surface area contributed by atoms with Crippen molar-refractivity contribution in [2.24, 2.45) is 0 Å². The number of hydrogen-bond donors (Lipinski definition) is 3. The number of alkyl carbamates (subject to hydrolysis) is 1. The Balaban J connectivity index is 1.51. The predicted octanol–water partition coefficient (Wildman–Crippen LogP) is 5.52. The van der Waals surface area contributed by atoms with Crippen molar-refractivity contribution >= 4 is 39.1 Å². The molecule has 0 bridgehead atoms. The fraction of sp³-hybridized carbons (Fsp3) is 0.286. The molecule has 10 nitrogen and oxygen atoms in total. The van der Waals surface area contributed by atoms with E-state index >= 15 is 4.39 Å². The van der Waals surface area contributed by atoms with Crippen LogP contribution in [0.1, 0.15) is 26.2 Å². The highest BCUT2D eigenvalue weighted by Crippen LogP contribution is 2.42. The number of halogens is 1. The lowest BCUT2D eigenvalue weighted by atomic mass is 10.0. The lowest BCUT2D eigenvalue weighted by Gasteiger charge is -2.25. The Labute approximate surface area is 241 Å². The summed E-state index contributed by atoms with van der Waals surface area (Å²) in [6.07, 6.45) is 3.00. The number of aromatic nitrogens is 3. The minimum Gasteiger partial charge on any atom is -0.453 e. The monoisotopic (exact) mass is 596 g/mol. The van der Waals surface area contributed by atoms with Gasteiger partial charge in [-0.25, -0.2) is 32.6 Å². The van der Waals surface area contributed by atoms with Crippen molar-refractivity contribution in [2.75, 3.05) is 23.7 Å². The van der Waals surface area contributed by atoms with Gasteiger partial charge >= 0.3 is 6.09 Å². The zero-order chi connectivity index (χ0) is 29.0. The number of thiazole rings is 1. The van der Waals surface area contributed by atoms with E-state index in [-0.39, 0.29) is 17.3 Å². The van der Waals surface area contributed by atoms with Crippen molar-refractivity contribution in [1.82, 2.24) is 20.3 Å². The molecular formula is C28H29FN6O4S2. The van der Waals surface area contributed by atoms with Gasteiger partial charge in [0, 0.05) is 29.9 Å². The molecule has 3 N–H and O–H groups in total. The number of benzene rings is 2. The van der Waals surface area contributed by atoms with Crippen LogP contribution < -0.4 is 15.4 Å². The lowest BCUT2D eigenvalue weighted by Crippen LogP contribution is -2.37. The molecule has 5 rings (SSSR count). The molecule has 41 heavy (non-hydrogen) atoms. The highest BCUT2D eigenvalue weighted by Gasteiger charge is 2.32. The van der Waals surface area contributed by atoms with Crippen LogP contribution in [0.25, 0.3) is 32.4 Å². The van der Waals surface area contributed by atoms with E-state index in [2.05, 4.69) is 30.1 Å². The summed E-state index contributed by atoms with van der Waals surface area (Å²) in [5.41, 5.74) is 1.72. The van der Waals surface area contributed by atoms with Gasteiger partial charge in [-0.05, 0) is 38.0 Å². The minimum atomic E-state index is -3.70. The van der Waals surface area contributed by atoms with Crippen LogP contribution in [0.15, 0.2) is 60.8 Å². The molecule has 13 heteroatoms. The first-order valence-electron chi connectivity index (χ1n) is 13.0. The second-order valence-electron chi connectivity index (χ2n) is 9.61. The number of anilines is 2. The van der Waals surface area contributed by atoms with Gasteiger partial charge in [0.25, 0.3) is 0 Å². The molecule has 0 saturated heterocycles. The van der Waals surface area contributed by atoms with Crippen molar-refractivity contribution in [3.63, 3.8) is 0 Å². The summed E-state index contributed by atoms with van der Waals surface area (Å²) in [6.45, 7) is 2.14. The van der Waals surface area contributed by atoms with Gasteiger partial charge in [-0.15, -0.1) is 11.3 Å². The number of sulfonamides is 1. The van der Waals surface area contributed by atoms with Gasteiger partial charge in [0.1, 0.15) is 5.01 Å². The molecule has 1 aliphatic rings. The van der Waals surface area contributed by atoms with Gasteiger partial charge in [0.2, 0.25) is 16.0 Å². The van der Waals surface area contributed by atoms with E-state index in [1.807, 2.05) is 30.3 Å². The van der Waals surface area contributed by atoms with Gasteiger partial charge in [0.15, 0.2) is 5.82 Å². The van der Waals surface area contributed by atoms with Crippen molar-refractivity contribution in [3.8, 4) is 32.4 Å². The molecular weight excluding hydrogens is 567 g/mol. The molecule has 1 aliphatic carbocycles. The molecule has 0 radical (unpaired) electrons. The molecule has 2 aromatic heterocycles. The molecule has 2 aromatic carbocycles. The number of nitrogens with zero attached hydrogens (tertiary/aromatic N) is 3. The Kier molecular flexibility index (Phi) is 8.45. The molecule has 2 heterocycles. The quantitative estimate of drug-likeness (QED) is 0.218. The maximum Gasteiger partial charge on any atom is 0.407 e. The molecule has 4 aromatic rings. The molecule has 1 saturated carbocycles. The van der Waals surface area contributed by atoms with Crippen LogP contribution in [-0.2, 0) is 14.8 Å². The first-order valence-corrected chi connectivity index (χ1v) is 15.4. The predicted molar refractivity (Wildman–Crippen MR) is 158 cm³/mol. The van der Waals surface area contributed by atoms with Gasteiger partial charge < -0.3 is 15.4 Å². The van der Waals surface area contributed by atoms with E-state index in [0.29, 0.717) is 46.6 Å². The summed E-state index contributed by atoms with van der Waals surface area (Å²) in [7, 11) is -2.41. The number of carbonyl (C=O) groups is 1. The van der Waals surface area contributed by atoms with Crippen molar-refractivity contribution in [1.29, 1.82) is 0 Å². The second-order valence-corrected chi connectivity index (χ2v) is 12.6. The van der Waals surface area contributed by atoms with Gasteiger partial charge in [-0.3, -0.25) is 4.72 Å². The third-order valence-electron chi connectivity index (χ3n) is 6.65. The Hall–Kier alpha value is -4.10. The van der Waals surface area contributed by atoms with E-state index in [1.54, 1.807) is 31.3 Å². The minimum absolute atomic E-state index is 0.119. The second kappa shape index (κ2) is 12.2. The summed E-state index contributed by atoms with van der Waals surface area (Å²) >= 11 is 1.34. The van der Waals surface area contributed by atoms with Crippen molar-refractivity contribution < 1.29 is 22.3 Å². The van der Waals surface area contributed by atoms with Crippen LogP contribution in [0.2, 0.25) is 0 Å². The van der Waals surface area contributed by atoms with Crippen LogP contribution in [0.3, 0.4) is 0 Å².